The Morgan fingerprint density at radius 3 is 2.61 bits per heavy atom. The summed E-state index contributed by atoms with van der Waals surface area (Å²) in [5, 5.41) is 6.02. The zero-order valence-corrected chi connectivity index (χ0v) is 17.8. The second kappa shape index (κ2) is 7.26. The Balaban J connectivity index is 1.64. The van der Waals surface area contributed by atoms with E-state index in [0.29, 0.717) is 32.8 Å². The highest BCUT2D eigenvalue weighted by Gasteiger charge is 2.49. The summed E-state index contributed by atoms with van der Waals surface area (Å²) in [6, 6.07) is 21.7. The van der Waals surface area contributed by atoms with Gasteiger partial charge in [0.05, 0.1) is 22.1 Å². The monoisotopic (exact) mass is 457 g/mol. The van der Waals surface area contributed by atoms with E-state index in [2.05, 4.69) is 10.9 Å². The summed E-state index contributed by atoms with van der Waals surface area (Å²) < 4.78 is 0. The average molecular weight is 458 g/mol. The Kier molecular flexibility index (Phi) is 4.33. The van der Waals surface area contributed by atoms with Crippen LogP contribution in [0.5, 0.6) is 0 Å². The lowest BCUT2D eigenvalue weighted by molar-refractivity contribution is -0.140. The van der Waals surface area contributed by atoms with Gasteiger partial charge in [-0.15, -0.1) is 0 Å². The van der Waals surface area contributed by atoms with Crippen LogP contribution in [0.2, 0.25) is 5.02 Å². The number of halogens is 1. The molecule has 3 aliphatic rings. The van der Waals surface area contributed by atoms with Crippen LogP contribution in [0.4, 0.5) is 11.4 Å². The van der Waals surface area contributed by atoms with E-state index in [0.717, 1.165) is 5.56 Å². The summed E-state index contributed by atoms with van der Waals surface area (Å²) in [4.78, 5) is 41.1. The number of nitrogens with one attached hydrogen (secondary N) is 2. The van der Waals surface area contributed by atoms with Crippen LogP contribution in [-0.2, 0) is 20.0 Å². The molecule has 1 atom stereocenters. The topological polar surface area (TPSA) is 95.4 Å². The largest absolute Gasteiger partial charge is 0.378 e. The number of amides is 1. The number of hydrogen-bond acceptors (Lipinski definition) is 7. The fourth-order valence-electron chi connectivity index (χ4n) is 4.37. The number of para-hydroxylation sites is 3. The van der Waals surface area contributed by atoms with Crippen LogP contribution >= 0.6 is 11.6 Å². The Hall–Kier alpha value is -4.01. The molecule has 1 unspecified atom stereocenters. The van der Waals surface area contributed by atoms with Gasteiger partial charge in [-0.25, -0.2) is 14.8 Å². The Morgan fingerprint density at radius 2 is 1.76 bits per heavy atom. The van der Waals surface area contributed by atoms with E-state index >= 15 is 0 Å². The van der Waals surface area contributed by atoms with E-state index < -0.39 is 11.5 Å². The third kappa shape index (κ3) is 3.03. The molecule has 0 bridgehead atoms. The molecule has 1 amide bonds. The molecule has 1 saturated heterocycles. The molecule has 3 aliphatic heterocycles. The number of carbonyl (C=O) groups is 2. The molecule has 3 aromatic rings. The SMILES string of the molecule is O=C1ONN(c2cccc(Cl)c2)/C1=C1/CC2(N=c3ccccc3=N1)C(=O)Nc1ccccc12. The van der Waals surface area contributed by atoms with Gasteiger partial charge in [-0.2, -0.15) is 0 Å². The van der Waals surface area contributed by atoms with Crippen LogP contribution in [-0.4, -0.2) is 11.9 Å². The maximum absolute atomic E-state index is 13.4. The third-order valence-corrected chi connectivity index (χ3v) is 6.09. The van der Waals surface area contributed by atoms with E-state index in [1.54, 1.807) is 30.3 Å². The second-order valence-electron chi connectivity index (χ2n) is 7.84. The molecular formula is C24H16ClN5O3. The standard InChI is InChI=1S/C24H16ClN5O3/c25-14-6-5-7-15(12-14)30-21(22(31)33-29-30)20-13-24(28-19-11-4-3-10-18(19)26-20)16-8-1-2-9-17(16)27-23(24)32/h1-12,29H,13H2,(H,27,32)/b21-20-. The first-order valence-corrected chi connectivity index (χ1v) is 10.6. The Bertz CT molecular complexity index is 1500. The predicted molar refractivity (Wildman–Crippen MR) is 120 cm³/mol. The molecule has 1 fully saturated rings. The van der Waals surface area contributed by atoms with Crippen LogP contribution < -0.4 is 26.6 Å². The van der Waals surface area contributed by atoms with Gasteiger partial charge < -0.3 is 10.2 Å². The van der Waals surface area contributed by atoms with E-state index in [9.17, 15) is 9.59 Å². The van der Waals surface area contributed by atoms with Crippen molar-refractivity contribution >= 4 is 34.9 Å². The van der Waals surface area contributed by atoms with Crippen LogP contribution in [0.1, 0.15) is 12.0 Å². The third-order valence-electron chi connectivity index (χ3n) is 5.85. The van der Waals surface area contributed by atoms with Crippen molar-refractivity contribution < 1.29 is 14.4 Å². The van der Waals surface area contributed by atoms with Gasteiger partial charge in [0.25, 0.3) is 5.91 Å². The van der Waals surface area contributed by atoms with E-state index in [-0.39, 0.29) is 18.0 Å². The van der Waals surface area contributed by atoms with Gasteiger partial charge in [-0.3, -0.25) is 9.79 Å². The highest BCUT2D eigenvalue weighted by molar-refractivity contribution is 6.30. The number of rotatable bonds is 1. The zero-order chi connectivity index (χ0) is 22.6. The molecule has 3 aromatic carbocycles. The van der Waals surface area contributed by atoms with Crippen molar-refractivity contribution in [3.05, 3.63) is 105 Å². The first kappa shape index (κ1) is 19.7. The summed E-state index contributed by atoms with van der Waals surface area (Å²) in [6.45, 7) is 0. The number of anilines is 2. The zero-order valence-electron chi connectivity index (χ0n) is 17.1. The highest BCUT2D eigenvalue weighted by Crippen LogP contribution is 2.44. The minimum absolute atomic E-state index is 0.0632. The van der Waals surface area contributed by atoms with Crippen LogP contribution in [0.15, 0.2) is 94.2 Å². The van der Waals surface area contributed by atoms with Crippen molar-refractivity contribution in [1.82, 2.24) is 5.59 Å². The molecule has 162 valence electrons. The number of hydrazine groups is 1. The molecule has 3 heterocycles. The molecule has 6 rings (SSSR count). The Morgan fingerprint density at radius 1 is 0.970 bits per heavy atom. The Labute approximate surface area is 192 Å². The predicted octanol–water partition coefficient (Wildman–Crippen LogP) is 2.53. The number of fused-ring (bicyclic) bond motifs is 3. The summed E-state index contributed by atoms with van der Waals surface area (Å²) in [7, 11) is 0. The van der Waals surface area contributed by atoms with Crippen molar-refractivity contribution in [2.75, 3.05) is 10.3 Å². The molecule has 9 heteroatoms. The van der Waals surface area contributed by atoms with Gasteiger partial charge in [0.2, 0.25) is 0 Å². The van der Waals surface area contributed by atoms with Gasteiger partial charge in [0.15, 0.2) is 11.2 Å². The first-order chi connectivity index (χ1) is 16.0. The molecule has 2 N–H and O–H groups in total. The normalized spacial score (nSPS) is 23.2. The summed E-state index contributed by atoms with van der Waals surface area (Å²) in [5.41, 5.74) is 3.89. The van der Waals surface area contributed by atoms with Gasteiger partial charge in [-0.05, 0) is 36.4 Å². The minimum atomic E-state index is -1.28. The second-order valence-corrected chi connectivity index (χ2v) is 8.28. The lowest BCUT2D eigenvalue weighted by Crippen LogP contribution is -2.36. The van der Waals surface area contributed by atoms with Crippen LogP contribution in [0, 0.1) is 0 Å². The van der Waals surface area contributed by atoms with Gasteiger partial charge >= 0.3 is 5.97 Å². The average Bonchev–Trinajstić information content (AvgIpc) is 3.25. The highest BCUT2D eigenvalue weighted by atomic mass is 35.5. The van der Waals surface area contributed by atoms with Crippen LogP contribution in [0.25, 0.3) is 0 Å². The van der Waals surface area contributed by atoms with E-state index in [4.69, 9.17) is 26.4 Å². The molecule has 1 spiro atoms. The summed E-state index contributed by atoms with van der Waals surface area (Å²) in [6.07, 6.45) is 0.0632. The molecule has 0 aromatic heterocycles. The number of carbonyl (C=O) groups excluding carboxylic acids is 2. The summed E-state index contributed by atoms with van der Waals surface area (Å²) in [5.74, 6) is -0.891. The van der Waals surface area contributed by atoms with Gasteiger partial charge in [0, 0.05) is 22.7 Å². The van der Waals surface area contributed by atoms with Crippen LogP contribution in [0.3, 0.4) is 0 Å². The van der Waals surface area contributed by atoms with Crippen molar-refractivity contribution in [3.63, 3.8) is 0 Å². The fraction of sp³-hybridized carbons (Fsp3) is 0.0833. The van der Waals surface area contributed by atoms with Gasteiger partial charge in [0.1, 0.15) is 0 Å². The van der Waals surface area contributed by atoms with Gasteiger partial charge in [-0.1, -0.05) is 53.6 Å². The maximum Gasteiger partial charge on any atom is 0.378 e. The number of nitrogens with zero attached hydrogens (tertiary/aromatic N) is 3. The quantitative estimate of drug-likeness (QED) is 0.547. The van der Waals surface area contributed by atoms with Crippen molar-refractivity contribution in [2.24, 2.45) is 9.98 Å². The molecule has 8 nitrogen and oxygen atoms in total. The fourth-order valence-corrected chi connectivity index (χ4v) is 4.55. The molecule has 0 aliphatic carbocycles. The molecular weight excluding hydrogens is 442 g/mol. The molecule has 0 saturated carbocycles. The maximum atomic E-state index is 13.4. The first-order valence-electron chi connectivity index (χ1n) is 10.3. The number of benzene rings is 3. The molecule has 33 heavy (non-hydrogen) atoms. The van der Waals surface area contributed by atoms with Crippen molar-refractivity contribution in [2.45, 2.75) is 12.0 Å². The smallest absolute Gasteiger partial charge is 0.345 e. The van der Waals surface area contributed by atoms with E-state index in [1.807, 2.05) is 42.5 Å². The van der Waals surface area contributed by atoms with Crippen molar-refractivity contribution in [3.8, 4) is 0 Å². The lowest BCUT2D eigenvalue weighted by atomic mass is 9.86. The lowest BCUT2D eigenvalue weighted by Gasteiger charge is -2.24. The van der Waals surface area contributed by atoms with E-state index in [1.165, 1.54) is 5.01 Å². The molecule has 0 radical (unpaired) electrons. The number of hydrogen-bond donors (Lipinski definition) is 2. The summed E-state index contributed by atoms with van der Waals surface area (Å²) >= 11 is 6.17. The minimum Gasteiger partial charge on any atom is -0.345 e. The van der Waals surface area contributed by atoms with Crippen molar-refractivity contribution in [1.29, 1.82) is 0 Å².